The van der Waals surface area contributed by atoms with E-state index < -0.39 is 5.91 Å². The summed E-state index contributed by atoms with van der Waals surface area (Å²) in [6, 6.07) is 10.2. The van der Waals surface area contributed by atoms with Crippen LogP contribution in [-0.2, 0) is 0 Å². The number of benzene rings is 2. The molecular formula is C27H32BrN3O3. The smallest absolute Gasteiger partial charge is 0.307 e. The van der Waals surface area contributed by atoms with Gasteiger partial charge in [-0.15, -0.1) is 0 Å². The summed E-state index contributed by atoms with van der Waals surface area (Å²) in [6.07, 6.45) is 2.79. The number of amides is 1. The first-order chi connectivity index (χ1) is 16.0. The number of nitrogens with one attached hydrogen (secondary N) is 1. The van der Waals surface area contributed by atoms with E-state index in [0.29, 0.717) is 23.3 Å². The van der Waals surface area contributed by atoms with Crippen LogP contribution in [0.25, 0.3) is 11.0 Å². The fraction of sp³-hybridized carbons (Fsp3) is 0.407. The number of anilines is 1. The average molecular weight is 526 g/mol. The van der Waals surface area contributed by atoms with Gasteiger partial charge < -0.3 is 14.1 Å². The number of halogens is 1. The fourth-order valence-corrected chi connectivity index (χ4v) is 5.75. The highest BCUT2D eigenvalue weighted by Gasteiger charge is 2.37. The topological polar surface area (TPSA) is 67.1 Å². The highest BCUT2D eigenvalue weighted by molar-refractivity contribution is 9.10. The van der Waals surface area contributed by atoms with E-state index in [1.165, 1.54) is 11.3 Å². The number of fused-ring (bicyclic) bond motifs is 2. The number of aryl methyl sites for hydroxylation is 1. The maximum absolute atomic E-state index is 12.7. The SMILES string of the molecule is COc1cc(Br)cc2cc(C(=O)N/N=C\c3cc4c(cc3C)N(C(C)C)C(C)(C)C[C@@H]4C)oc12. The van der Waals surface area contributed by atoms with Crippen LogP contribution in [0.4, 0.5) is 5.69 Å². The van der Waals surface area contributed by atoms with E-state index >= 15 is 0 Å². The van der Waals surface area contributed by atoms with E-state index in [2.05, 4.69) is 85.0 Å². The van der Waals surface area contributed by atoms with E-state index in [-0.39, 0.29) is 11.3 Å². The van der Waals surface area contributed by atoms with Gasteiger partial charge in [0.25, 0.3) is 0 Å². The minimum atomic E-state index is -0.415. The van der Waals surface area contributed by atoms with Gasteiger partial charge in [-0.2, -0.15) is 5.10 Å². The number of methoxy groups -OCH3 is 1. The molecule has 1 amide bonds. The van der Waals surface area contributed by atoms with Gasteiger partial charge in [0.2, 0.25) is 0 Å². The molecular weight excluding hydrogens is 494 g/mol. The van der Waals surface area contributed by atoms with Crippen LogP contribution in [-0.4, -0.2) is 30.8 Å². The molecule has 1 aliphatic rings. The lowest BCUT2D eigenvalue weighted by molar-refractivity contribution is 0.0929. The van der Waals surface area contributed by atoms with E-state index in [1.54, 1.807) is 25.5 Å². The third-order valence-corrected chi connectivity index (χ3v) is 7.00. The number of carbonyl (C=O) groups is 1. The van der Waals surface area contributed by atoms with Crippen molar-refractivity contribution < 1.29 is 13.9 Å². The Morgan fingerprint density at radius 3 is 2.71 bits per heavy atom. The van der Waals surface area contributed by atoms with Gasteiger partial charge in [0.05, 0.1) is 13.3 Å². The largest absolute Gasteiger partial charge is 0.493 e. The molecule has 0 saturated heterocycles. The summed E-state index contributed by atoms with van der Waals surface area (Å²) < 4.78 is 11.9. The predicted octanol–water partition coefficient (Wildman–Crippen LogP) is 6.78. The van der Waals surface area contributed by atoms with Crippen LogP contribution < -0.4 is 15.1 Å². The van der Waals surface area contributed by atoms with Gasteiger partial charge >= 0.3 is 5.91 Å². The van der Waals surface area contributed by atoms with Crippen LogP contribution in [0.1, 0.15) is 74.2 Å². The summed E-state index contributed by atoms with van der Waals surface area (Å²) in [6.45, 7) is 13.5. The molecule has 1 atom stereocenters. The zero-order valence-corrected chi connectivity index (χ0v) is 22.4. The minimum absolute atomic E-state index is 0.0987. The second-order valence-electron chi connectivity index (χ2n) is 9.99. The van der Waals surface area contributed by atoms with Crippen molar-refractivity contribution in [3.8, 4) is 5.75 Å². The standard InChI is InChI=1S/C27H32BrN3O3/c1-15(2)31-22-8-16(3)19(10-21(22)17(4)13-27(31,5)6)14-29-30-26(32)24-11-18-9-20(28)12-23(33-7)25(18)34-24/h8-12,14-15,17H,13H2,1-7H3,(H,30,32)/b29-14-/t17-/m0/s1. The van der Waals surface area contributed by atoms with Crippen LogP contribution in [0.2, 0.25) is 0 Å². The number of nitrogens with zero attached hydrogens (tertiary/aromatic N) is 2. The Balaban J connectivity index is 1.58. The summed E-state index contributed by atoms with van der Waals surface area (Å²) in [5.74, 6) is 0.757. The molecule has 0 saturated carbocycles. The normalized spacial score (nSPS) is 17.4. The van der Waals surface area contributed by atoms with E-state index in [0.717, 1.165) is 27.4 Å². The third kappa shape index (κ3) is 4.45. The lowest BCUT2D eigenvalue weighted by atomic mass is 9.78. The third-order valence-electron chi connectivity index (χ3n) is 6.54. The van der Waals surface area contributed by atoms with Crippen molar-refractivity contribution >= 4 is 44.7 Å². The Hall–Kier alpha value is -2.80. The average Bonchev–Trinajstić information content (AvgIpc) is 3.17. The number of furan rings is 1. The molecule has 0 spiro atoms. The number of rotatable bonds is 5. The van der Waals surface area contributed by atoms with Gasteiger partial charge in [-0.25, -0.2) is 5.43 Å². The van der Waals surface area contributed by atoms with Gasteiger partial charge in [-0.1, -0.05) is 22.9 Å². The Kier molecular flexibility index (Phi) is 6.51. The van der Waals surface area contributed by atoms with Gasteiger partial charge in [-0.3, -0.25) is 4.79 Å². The van der Waals surface area contributed by atoms with Crippen molar-refractivity contribution in [2.24, 2.45) is 5.10 Å². The van der Waals surface area contributed by atoms with Crippen molar-refractivity contribution in [1.82, 2.24) is 5.43 Å². The molecule has 1 aromatic heterocycles. The Bertz CT molecular complexity index is 1280. The van der Waals surface area contributed by atoms with Crippen molar-refractivity contribution in [3.05, 3.63) is 57.3 Å². The monoisotopic (exact) mass is 525 g/mol. The maximum atomic E-state index is 12.7. The van der Waals surface area contributed by atoms with Crippen molar-refractivity contribution in [1.29, 1.82) is 0 Å². The first-order valence-corrected chi connectivity index (χ1v) is 12.4. The molecule has 0 aliphatic carbocycles. The molecule has 1 aliphatic heterocycles. The zero-order chi connectivity index (χ0) is 24.8. The highest BCUT2D eigenvalue weighted by atomic mass is 79.9. The summed E-state index contributed by atoms with van der Waals surface area (Å²) in [7, 11) is 1.57. The molecule has 1 N–H and O–H groups in total. The van der Waals surface area contributed by atoms with Gasteiger partial charge in [0.15, 0.2) is 17.1 Å². The highest BCUT2D eigenvalue weighted by Crippen LogP contribution is 2.45. The molecule has 6 nitrogen and oxygen atoms in total. The Morgan fingerprint density at radius 1 is 1.29 bits per heavy atom. The number of hydrazone groups is 1. The molecule has 0 bridgehead atoms. The number of carbonyl (C=O) groups excluding carboxylic acids is 1. The van der Waals surface area contributed by atoms with Crippen molar-refractivity contribution in [2.75, 3.05) is 12.0 Å². The van der Waals surface area contributed by atoms with Crippen molar-refractivity contribution in [2.45, 2.75) is 65.5 Å². The van der Waals surface area contributed by atoms with Crippen molar-refractivity contribution in [3.63, 3.8) is 0 Å². The first-order valence-electron chi connectivity index (χ1n) is 11.6. The fourth-order valence-electron chi connectivity index (χ4n) is 5.30. The van der Waals surface area contributed by atoms with Crippen LogP contribution in [0, 0.1) is 6.92 Å². The quantitative estimate of drug-likeness (QED) is 0.294. The molecule has 2 aromatic carbocycles. The summed E-state index contributed by atoms with van der Waals surface area (Å²) in [5, 5.41) is 5.00. The Morgan fingerprint density at radius 2 is 2.03 bits per heavy atom. The first kappa shape index (κ1) is 24.3. The van der Waals surface area contributed by atoms with Gasteiger partial charge in [0, 0.05) is 27.1 Å². The Labute approximate surface area is 209 Å². The molecule has 4 rings (SSSR count). The summed E-state index contributed by atoms with van der Waals surface area (Å²) in [5.41, 5.74) is 7.94. The van der Waals surface area contributed by atoms with E-state index in [4.69, 9.17) is 9.15 Å². The molecule has 0 unspecified atom stereocenters. The molecule has 2 heterocycles. The molecule has 3 aromatic rings. The van der Waals surface area contributed by atoms with Gasteiger partial charge in [-0.05, 0) is 94.0 Å². The lowest BCUT2D eigenvalue weighted by Gasteiger charge is -2.50. The molecule has 34 heavy (non-hydrogen) atoms. The molecule has 0 fully saturated rings. The minimum Gasteiger partial charge on any atom is -0.493 e. The van der Waals surface area contributed by atoms with Crippen LogP contribution in [0.3, 0.4) is 0 Å². The second kappa shape index (κ2) is 9.10. The van der Waals surface area contributed by atoms with Crippen LogP contribution in [0.5, 0.6) is 5.75 Å². The van der Waals surface area contributed by atoms with E-state index in [9.17, 15) is 4.79 Å². The predicted molar refractivity (Wildman–Crippen MR) is 141 cm³/mol. The maximum Gasteiger partial charge on any atom is 0.307 e. The molecule has 7 heteroatoms. The number of ether oxygens (including phenoxy) is 1. The lowest BCUT2D eigenvalue weighted by Crippen LogP contribution is -2.51. The van der Waals surface area contributed by atoms with Crippen LogP contribution >= 0.6 is 15.9 Å². The molecule has 180 valence electrons. The number of hydrogen-bond acceptors (Lipinski definition) is 5. The zero-order valence-electron chi connectivity index (χ0n) is 20.8. The van der Waals surface area contributed by atoms with Gasteiger partial charge in [0.1, 0.15) is 0 Å². The van der Waals surface area contributed by atoms with Crippen LogP contribution in [0.15, 0.2) is 44.3 Å². The second-order valence-corrected chi connectivity index (χ2v) is 10.9. The molecule has 0 radical (unpaired) electrons. The number of hydrogen-bond donors (Lipinski definition) is 1. The summed E-state index contributed by atoms with van der Waals surface area (Å²) >= 11 is 3.44. The summed E-state index contributed by atoms with van der Waals surface area (Å²) in [4.78, 5) is 15.2. The van der Waals surface area contributed by atoms with E-state index in [1.807, 2.05) is 6.07 Å².